The van der Waals surface area contributed by atoms with Crippen LogP contribution in [-0.4, -0.2) is 41.8 Å². The third kappa shape index (κ3) is 4.67. The number of pyridine rings is 1. The first-order valence-corrected chi connectivity index (χ1v) is 11.8. The molecule has 1 saturated heterocycles. The fourth-order valence-corrected chi connectivity index (χ4v) is 5.28. The minimum Gasteiger partial charge on any atom is -0.251 e. The van der Waals surface area contributed by atoms with E-state index in [0.717, 1.165) is 31.4 Å². The Morgan fingerprint density at radius 3 is 2.55 bits per heavy atom. The topological polar surface area (TPSA) is 99.0 Å². The minimum absolute atomic E-state index is 0.143. The van der Waals surface area contributed by atoms with Crippen LogP contribution in [0.1, 0.15) is 41.7 Å². The maximum Gasteiger partial charge on any atom is 0.311 e. The first-order chi connectivity index (χ1) is 14.9. The molecule has 1 aliphatic rings. The molecule has 8 nitrogen and oxygen atoms in total. The fraction of sp³-hybridized carbons (Fsp3) is 0.318. The number of carbonyl (C=O) groups is 1. The Labute approximate surface area is 182 Å². The van der Waals surface area contributed by atoms with Crippen molar-refractivity contribution in [2.75, 3.05) is 18.4 Å². The van der Waals surface area contributed by atoms with E-state index in [1.807, 2.05) is 25.1 Å². The van der Waals surface area contributed by atoms with E-state index in [-0.39, 0.29) is 10.5 Å². The summed E-state index contributed by atoms with van der Waals surface area (Å²) in [5.74, 6) is 0.752. The number of benzene rings is 1. The number of rotatable bonds is 5. The van der Waals surface area contributed by atoms with Gasteiger partial charge in [-0.05, 0) is 44.0 Å². The summed E-state index contributed by atoms with van der Waals surface area (Å²) in [6.45, 7) is 2.92. The van der Waals surface area contributed by atoms with Crippen LogP contribution in [0, 0.1) is 6.92 Å². The molecule has 1 fully saturated rings. The van der Waals surface area contributed by atoms with Crippen molar-refractivity contribution >= 4 is 21.7 Å². The second-order valence-corrected chi connectivity index (χ2v) is 9.59. The summed E-state index contributed by atoms with van der Waals surface area (Å²) in [7, 11) is -3.63. The Bertz CT molecular complexity index is 1170. The highest BCUT2D eigenvalue weighted by Gasteiger charge is 2.26. The maximum absolute atomic E-state index is 13.1. The quantitative estimate of drug-likeness (QED) is 0.596. The number of hydrogen-bond donors (Lipinski definition) is 2. The van der Waals surface area contributed by atoms with Gasteiger partial charge in [-0.1, -0.05) is 25.0 Å². The zero-order valence-corrected chi connectivity index (χ0v) is 18.2. The molecule has 0 atom stereocenters. The lowest BCUT2D eigenvalue weighted by atomic mass is 10.2. The van der Waals surface area contributed by atoms with E-state index in [2.05, 4.69) is 15.4 Å². The van der Waals surface area contributed by atoms with Gasteiger partial charge < -0.3 is 0 Å². The summed E-state index contributed by atoms with van der Waals surface area (Å²) in [6.07, 6.45) is 5.47. The van der Waals surface area contributed by atoms with Gasteiger partial charge in [0.25, 0.3) is 11.6 Å². The monoisotopic (exact) mass is 440 g/mol. The van der Waals surface area contributed by atoms with Crippen LogP contribution in [0.25, 0.3) is 5.82 Å². The number of aryl methyl sites for hydroxylation is 1. The molecule has 0 radical (unpaired) electrons. The van der Waals surface area contributed by atoms with Crippen molar-refractivity contribution in [1.29, 1.82) is 0 Å². The van der Waals surface area contributed by atoms with Gasteiger partial charge >= 0.3 is 5.91 Å². The molecule has 31 heavy (non-hydrogen) atoms. The Morgan fingerprint density at radius 2 is 1.84 bits per heavy atom. The Kier molecular flexibility index (Phi) is 6.15. The van der Waals surface area contributed by atoms with Gasteiger partial charge in [0.1, 0.15) is 6.20 Å². The zero-order chi connectivity index (χ0) is 21.8. The molecule has 0 saturated carbocycles. The molecule has 4 rings (SSSR count). The summed E-state index contributed by atoms with van der Waals surface area (Å²) in [4.78, 5) is 17.4. The highest BCUT2D eigenvalue weighted by molar-refractivity contribution is 7.89. The number of nitrogens with one attached hydrogen (secondary N) is 2. The van der Waals surface area contributed by atoms with Crippen LogP contribution in [-0.2, 0) is 10.0 Å². The van der Waals surface area contributed by atoms with Crippen LogP contribution in [0.5, 0.6) is 0 Å². The number of nitrogens with zero attached hydrogens (tertiary/aromatic N) is 3. The zero-order valence-electron chi connectivity index (χ0n) is 17.4. The minimum atomic E-state index is -3.63. The van der Waals surface area contributed by atoms with Gasteiger partial charge in [-0.25, -0.2) is 18.8 Å². The molecule has 3 aromatic rings. The van der Waals surface area contributed by atoms with Gasteiger partial charge in [-0.2, -0.15) is 4.31 Å². The van der Waals surface area contributed by atoms with Crippen molar-refractivity contribution in [3.8, 4) is 5.82 Å². The third-order valence-corrected chi connectivity index (χ3v) is 7.20. The first-order valence-electron chi connectivity index (χ1n) is 10.4. The number of anilines is 1. The van der Waals surface area contributed by atoms with Gasteiger partial charge in [0.05, 0.1) is 10.5 Å². The van der Waals surface area contributed by atoms with Crippen molar-refractivity contribution in [3.05, 3.63) is 66.0 Å². The fourth-order valence-electron chi connectivity index (χ4n) is 3.71. The molecule has 1 amide bonds. The molecule has 9 heteroatoms. The Morgan fingerprint density at radius 1 is 1.06 bits per heavy atom. The Hall–Kier alpha value is -3.04. The number of amides is 1. The third-order valence-electron chi connectivity index (χ3n) is 5.30. The number of hydrogen-bond acceptors (Lipinski definition) is 4. The smallest absolute Gasteiger partial charge is 0.251 e. The van der Waals surface area contributed by atoms with E-state index in [4.69, 9.17) is 0 Å². The van der Waals surface area contributed by atoms with Crippen molar-refractivity contribution in [3.63, 3.8) is 0 Å². The van der Waals surface area contributed by atoms with Gasteiger partial charge in [-0.3, -0.25) is 4.79 Å². The summed E-state index contributed by atoms with van der Waals surface area (Å²) in [6, 6.07) is 13.5. The lowest BCUT2D eigenvalue weighted by Crippen LogP contribution is -2.38. The number of aromatic amines is 1. The summed E-state index contributed by atoms with van der Waals surface area (Å²) < 4.78 is 29.4. The van der Waals surface area contributed by atoms with Crippen LogP contribution in [0.4, 0.5) is 5.82 Å². The van der Waals surface area contributed by atoms with Crippen LogP contribution in [0.2, 0.25) is 0 Å². The normalized spacial score (nSPS) is 15.4. The predicted molar refractivity (Wildman–Crippen MR) is 116 cm³/mol. The molecule has 3 heterocycles. The van der Waals surface area contributed by atoms with Crippen molar-refractivity contribution < 1.29 is 17.9 Å². The Balaban J connectivity index is 1.59. The molecule has 2 aromatic heterocycles. The van der Waals surface area contributed by atoms with Crippen LogP contribution >= 0.6 is 0 Å². The predicted octanol–water partition coefficient (Wildman–Crippen LogP) is 2.81. The summed E-state index contributed by atoms with van der Waals surface area (Å²) >= 11 is 0. The molecule has 162 valence electrons. The number of aromatic nitrogens is 3. The van der Waals surface area contributed by atoms with Crippen LogP contribution < -0.4 is 10.00 Å². The summed E-state index contributed by atoms with van der Waals surface area (Å²) in [5.41, 5.74) is 1.13. The van der Waals surface area contributed by atoms with Gasteiger partial charge in [-0.15, -0.1) is 9.67 Å². The van der Waals surface area contributed by atoms with Gasteiger partial charge in [0.2, 0.25) is 10.0 Å². The maximum atomic E-state index is 13.1. The van der Waals surface area contributed by atoms with E-state index in [1.54, 1.807) is 35.1 Å². The van der Waals surface area contributed by atoms with E-state index >= 15 is 0 Å². The highest BCUT2D eigenvalue weighted by Crippen LogP contribution is 2.21. The number of carbonyl (C=O) groups excluding carboxylic acids is 1. The summed E-state index contributed by atoms with van der Waals surface area (Å²) in [5, 5.41) is 6.00. The van der Waals surface area contributed by atoms with E-state index in [0.29, 0.717) is 24.7 Å². The average molecular weight is 441 g/mol. The average Bonchev–Trinajstić information content (AvgIpc) is 2.96. The molecule has 0 bridgehead atoms. The van der Waals surface area contributed by atoms with Crippen molar-refractivity contribution in [1.82, 2.24) is 14.4 Å². The largest absolute Gasteiger partial charge is 0.311 e. The lowest BCUT2D eigenvalue weighted by molar-refractivity contribution is -0.645. The van der Waals surface area contributed by atoms with E-state index < -0.39 is 15.9 Å². The SMILES string of the molecule is Cc1cc(NC(=O)c2cccc(S(=O)(=O)N3CCCCCC3)c2)[n+](-c2ccccn2)[nH]1. The highest BCUT2D eigenvalue weighted by atomic mass is 32.2. The van der Waals surface area contributed by atoms with E-state index in [9.17, 15) is 13.2 Å². The van der Waals surface area contributed by atoms with E-state index in [1.165, 1.54) is 10.4 Å². The number of sulfonamides is 1. The molecule has 1 aliphatic heterocycles. The lowest BCUT2D eigenvalue weighted by Gasteiger charge is -2.20. The molecule has 0 spiro atoms. The van der Waals surface area contributed by atoms with Gasteiger partial charge in [0, 0.05) is 30.9 Å². The molecule has 0 unspecified atom stereocenters. The molecular formula is C22H26N5O3S+. The number of H-pyrrole nitrogens is 1. The molecule has 0 aliphatic carbocycles. The van der Waals surface area contributed by atoms with Crippen molar-refractivity contribution in [2.45, 2.75) is 37.5 Å². The molecule has 1 aromatic carbocycles. The van der Waals surface area contributed by atoms with Crippen LogP contribution in [0.3, 0.4) is 0 Å². The standard InChI is InChI=1S/C22H25N5O3S/c1-17-15-21(27(25-17)20-11-4-5-12-23-20)24-22(28)18-9-8-10-19(16-18)31(29,30)26-13-6-2-3-7-14-26/h4-5,8-12,15-16H,2-3,6-7,13-14H2,1H3,(H,24,25,28)/p+1. The second-order valence-electron chi connectivity index (χ2n) is 7.65. The molecule has 2 N–H and O–H groups in total. The first kappa shape index (κ1) is 21.2. The second kappa shape index (κ2) is 8.99. The van der Waals surface area contributed by atoms with Gasteiger partial charge in [0.15, 0.2) is 0 Å². The van der Waals surface area contributed by atoms with Crippen molar-refractivity contribution in [2.24, 2.45) is 0 Å². The molecular weight excluding hydrogens is 414 g/mol. The van der Waals surface area contributed by atoms with Crippen LogP contribution in [0.15, 0.2) is 59.6 Å².